The normalized spacial score (nSPS) is 10.8. The first-order valence-electron chi connectivity index (χ1n) is 10.6. The second kappa shape index (κ2) is 8.95. The number of carbonyl (C=O) groups is 1. The maximum absolute atomic E-state index is 10.8. The van der Waals surface area contributed by atoms with Crippen molar-refractivity contribution in [1.29, 1.82) is 0 Å². The highest BCUT2D eigenvalue weighted by molar-refractivity contribution is 6.06. The van der Waals surface area contributed by atoms with Gasteiger partial charge in [-0.3, -0.25) is 10.1 Å². The van der Waals surface area contributed by atoms with Crippen molar-refractivity contribution in [2.24, 2.45) is 0 Å². The molecule has 0 saturated heterocycles. The lowest BCUT2D eigenvalue weighted by Gasteiger charge is -2.10. The lowest BCUT2D eigenvalue weighted by Crippen LogP contribution is -2.19. The van der Waals surface area contributed by atoms with Crippen molar-refractivity contribution in [2.45, 2.75) is 6.54 Å². The van der Waals surface area contributed by atoms with Gasteiger partial charge in [-0.05, 0) is 41.5 Å². The Kier molecular flexibility index (Phi) is 5.53. The van der Waals surface area contributed by atoms with Gasteiger partial charge < -0.3 is 20.9 Å². The van der Waals surface area contributed by atoms with Crippen LogP contribution in [0, 0.1) is 0 Å². The number of anilines is 1. The Bertz CT molecular complexity index is 1460. The number of H-pyrrole nitrogens is 1. The molecule has 2 aromatic heterocycles. The minimum atomic E-state index is -1.07. The SMILES string of the molecule is Nc1n[nH]c2c(-c3cccc(CNC(=O)O)c3)ncc(-c3ccc(Oc4ccccc4)cc3)c12. The van der Waals surface area contributed by atoms with Gasteiger partial charge in [0.25, 0.3) is 0 Å². The Labute approximate surface area is 195 Å². The molecule has 34 heavy (non-hydrogen) atoms. The molecule has 5 rings (SSSR count). The number of nitrogen functional groups attached to an aromatic ring is 1. The number of pyridine rings is 1. The van der Waals surface area contributed by atoms with E-state index in [1.165, 1.54) is 0 Å². The summed E-state index contributed by atoms with van der Waals surface area (Å²) < 4.78 is 5.89. The number of para-hydroxylation sites is 1. The van der Waals surface area contributed by atoms with Crippen LogP contribution in [0.4, 0.5) is 10.6 Å². The van der Waals surface area contributed by atoms with Crippen LogP contribution in [0.15, 0.2) is 85.1 Å². The molecule has 8 nitrogen and oxygen atoms in total. The predicted molar refractivity (Wildman–Crippen MR) is 131 cm³/mol. The first-order chi connectivity index (χ1) is 16.6. The highest BCUT2D eigenvalue weighted by atomic mass is 16.5. The number of amides is 1. The molecular formula is C26H21N5O3. The molecule has 0 bridgehead atoms. The number of aromatic nitrogens is 3. The van der Waals surface area contributed by atoms with Crippen LogP contribution in [0.5, 0.6) is 11.5 Å². The van der Waals surface area contributed by atoms with E-state index in [1.807, 2.05) is 78.9 Å². The number of benzene rings is 3. The summed E-state index contributed by atoms with van der Waals surface area (Å²) in [5, 5.41) is 19.3. The lowest BCUT2D eigenvalue weighted by molar-refractivity contribution is 0.194. The molecule has 5 aromatic rings. The van der Waals surface area contributed by atoms with Crippen LogP contribution >= 0.6 is 0 Å². The number of carboxylic acid groups (broad SMARTS) is 1. The van der Waals surface area contributed by atoms with E-state index in [0.29, 0.717) is 17.0 Å². The molecule has 0 atom stereocenters. The van der Waals surface area contributed by atoms with Crippen molar-refractivity contribution in [3.8, 4) is 33.9 Å². The quantitative estimate of drug-likeness (QED) is 0.273. The van der Waals surface area contributed by atoms with Gasteiger partial charge >= 0.3 is 6.09 Å². The number of rotatable bonds is 6. The summed E-state index contributed by atoms with van der Waals surface area (Å²) in [6.07, 6.45) is 0.704. The maximum atomic E-state index is 10.8. The van der Waals surface area contributed by atoms with Gasteiger partial charge in [-0.1, -0.05) is 48.5 Å². The van der Waals surface area contributed by atoms with Crippen molar-refractivity contribution in [3.05, 3.63) is 90.6 Å². The summed E-state index contributed by atoms with van der Waals surface area (Å²) in [6, 6.07) is 24.8. The molecule has 2 heterocycles. The number of nitrogens with one attached hydrogen (secondary N) is 2. The summed E-state index contributed by atoms with van der Waals surface area (Å²) in [4.78, 5) is 15.5. The molecular weight excluding hydrogens is 430 g/mol. The zero-order valence-electron chi connectivity index (χ0n) is 18.0. The molecule has 0 aliphatic heterocycles. The molecule has 0 aliphatic carbocycles. The van der Waals surface area contributed by atoms with Gasteiger partial charge in [-0.25, -0.2) is 4.79 Å². The average molecular weight is 451 g/mol. The Balaban J connectivity index is 1.49. The van der Waals surface area contributed by atoms with Gasteiger partial charge in [0.1, 0.15) is 11.5 Å². The monoisotopic (exact) mass is 451 g/mol. The number of fused-ring (bicyclic) bond motifs is 1. The van der Waals surface area contributed by atoms with Crippen molar-refractivity contribution in [2.75, 3.05) is 5.73 Å². The third-order valence-electron chi connectivity index (χ3n) is 5.41. The van der Waals surface area contributed by atoms with Crippen LogP contribution < -0.4 is 15.8 Å². The van der Waals surface area contributed by atoms with Gasteiger partial charge in [0, 0.05) is 23.9 Å². The smallest absolute Gasteiger partial charge is 0.404 e. The van der Waals surface area contributed by atoms with Gasteiger partial charge in [-0.2, -0.15) is 5.10 Å². The van der Waals surface area contributed by atoms with Gasteiger partial charge in [-0.15, -0.1) is 0 Å². The largest absolute Gasteiger partial charge is 0.465 e. The fourth-order valence-corrected chi connectivity index (χ4v) is 3.83. The first-order valence-corrected chi connectivity index (χ1v) is 10.6. The van der Waals surface area contributed by atoms with E-state index < -0.39 is 6.09 Å². The number of nitrogens with two attached hydrogens (primary N) is 1. The molecule has 0 radical (unpaired) electrons. The van der Waals surface area contributed by atoms with E-state index in [2.05, 4.69) is 15.5 Å². The second-order valence-electron chi connectivity index (χ2n) is 7.68. The Hall–Kier alpha value is -4.85. The van der Waals surface area contributed by atoms with Crippen LogP contribution in [0.3, 0.4) is 0 Å². The third-order valence-corrected chi connectivity index (χ3v) is 5.41. The van der Waals surface area contributed by atoms with E-state index >= 15 is 0 Å². The number of hydrogen-bond donors (Lipinski definition) is 4. The van der Waals surface area contributed by atoms with E-state index in [0.717, 1.165) is 39.1 Å². The molecule has 0 unspecified atom stereocenters. The molecule has 5 N–H and O–H groups in total. The molecule has 168 valence electrons. The van der Waals surface area contributed by atoms with Crippen molar-refractivity contribution < 1.29 is 14.6 Å². The standard InChI is InChI=1S/C26H21N5O3/c27-25-22-21(17-9-11-20(12-10-17)34-19-7-2-1-3-8-19)15-28-23(24(22)30-31-25)18-6-4-5-16(13-18)14-29-26(32)33/h1-13,15,29H,14H2,(H,32,33)(H3,27,30,31). The number of aromatic amines is 1. The highest BCUT2D eigenvalue weighted by Crippen LogP contribution is 2.36. The van der Waals surface area contributed by atoms with Crippen molar-refractivity contribution in [3.63, 3.8) is 0 Å². The zero-order valence-corrected chi connectivity index (χ0v) is 18.0. The summed E-state index contributed by atoms with van der Waals surface area (Å²) >= 11 is 0. The van der Waals surface area contributed by atoms with E-state index in [1.54, 1.807) is 6.20 Å². The van der Waals surface area contributed by atoms with Crippen LogP contribution in [-0.2, 0) is 6.54 Å². The van der Waals surface area contributed by atoms with E-state index in [9.17, 15) is 4.79 Å². The molecule has 0 spiro atoms. The fourth-order valence-electron chi connectivity index (χ4n) is 3.83. The maximum Gasteiger partial charge on any atom is 0.404 e. The van der Waals surface area contributed by atoms with E-state index in [-0.39, 0.29) is 6.54 Å². The van der Waals surface area contributed by atoms with Crippen LogP contribution in [-0.4, -0.2) is 26.4 Å². The van der Waals surface area contributed by atoms with Gasteiger partial charge in [0.15, 0.2) is 5.82 Å². The minimum absolute atomic E-state index is 0.201. The van der Waals surface area contributed by atoms with Crippen molar-refractivity contribution in [1.82, 2.24) is 20.5 Å². The predicted octanol–water partition coefficient (Wildman–Crippen LogP) is 5.43. The highest BCUT2D eigenvalue weighted by Gasteiger charge is 2.16. The van der Waals surface area contributed by atoms with Crippen LogP contribution in [0.25, 0.3) is 33.3 Å². The number of hydrogen-bond acceptors (Lipinski definition) is 5. The minimum Gasteiger partial charge on any atom is -0.465 e. The van der Waals surface area contributed by atoms with Crippen LogP contribution in [0.2, 0.25) is 0 Å². The first kappa shape index (κ1) is 21.0. The number of nitrogens with zero attached hydrogens (tertiary/aromatic N) is 2. The summed E-state index contributed by atoms with van der Waals surface area (Å²) in [6.45, 7) is 0.201. The Morgan fingerprint density at radius 2 is 1.74 bits per heavy atom. The van der Waals surface area contributed by atoms with Crippen molar-refractivity contribution >= 4 is 22.8 Å². The Morgan fingerprint density at radius 1 is 0.971 bits per heavy atom. The molecule has 0 aliphatic rings. The summed E-state index contributed by atoms with van der Waals surface area (Å²) in [5.74, 6) is 1.87. The topological polar surface area (TPSA) is 126 Å². The average Bonchev–Trinajstić information content (AvgIpc) is 3.25. The fraction of sp³-hybridized carbons (Fsp3) is 0.0385. The molecule has 0 fully saturated rings. The van der Waals surface area contributed by atoms with Gasteiger partial charge in [0.05, 0.1) is 16.6 Å². The summed E-state index contributed by atoms with van der Waals surface area (Å²) in [7, 11) is 0. The summed E-state index contributed by atoms with van der Waals surface area (Å²) in [5.41, 5.74) is 11.1. The number of ether oxygens (including phenoxy) is 1. The lowest BCUT2D eigenvalue weighted by atomic mass is 10.00. The van der Waals surface area contributed by atoms with Crippen LogP contribution in [0.1, 0.15) is 5.56 Å². The van der Waals surface area contributed by atoms with E-state index in [4.69, 9.17) is 20.6 Å². The molecule has 1 amide bonds. The molecule has 0 saturated carbocycles. The third kappa shape index (κ3) is 4.24. The molecule has 3 aromatic carbocycles. The van der Waals surface area contributed by atoms with Gasteiger partial charge in [0.2, 0.25) is 0 Å². The molecule has 8 heteroatoms. The Morgan fingerprint density at radius 3 is 2.50 bits per heavy atom. The zero-order chi connectivity index (χ0) is 23.5. The second-order valence-corrected chi connectivity index (χ2v) is 7.68.